The van der Waals surface area contributed by atoms with Gasteiger partial charge < -0.3 is 9.84 Å². The number of aromatic carboxylic acids is 1. The summed E-state index contributed by atoms with van der Waals surface area (Å²) in [4.78, 5) is 11.2. The fourth-order valence-corrected chi connectivity index (χ4v) is 2.78. The Morgan fingerprint density at radius 2 is 2.04 bits per heavy atom. The highest BCUT2D eigenvalue weighted by Gasteiger charge is 2.28. The predicted molar refractivity (Wildman–Crippen MR) is 86.3 cm³/mol. The van der Waals surface area contributed by atoms with Gasteiger partial charge in [-0.25, -0.2) is 4.79 Å². The van der Waals surface area contributed by atoms with Crippen molar-refractivity contribution in [2.45, 2.75) is 39.1 Å². The van der Waals surface area contributed by atoms with Crippen LogP contribution in [0.25, 0.3) is 11.3 Å². The van der Waals surface area contributed by atoms with Crippen LogP contribution in [0.15, 0.2) is 18.2 Å². The molecular formula is C16H14ClF5N2O3. The Kier molecular flexibility index (Phi) is 6.30. The van der Waals surface area contributed by atoms with E-state index in [1.165, 1.54) is 16.8 Å². The molecule has 0 saturated carbocycles. The van der Waals surface area contributed by atoms with E-state index in [0.717, 1.165) is 6.07 Å². The lowest BCUT2D eigenvalue weighted by Gasteiger charge is -2.14. The summed E-state index contributed by atoms with van der Waals surface area (Å²) in [6.45, 7) is -1.44. The van der Waals surface area contributed by atoms with Crippen molar-refractivity contribution in [3.8, 4) is 17.0 Å². The van der Waals surface area contributed by atoms with Crippen LogP contribution in [-0.4, -0.2) is 33.6 Å². The summed E-state index contributed by atoms with van der Waals surface area (Å²) in [6.07, 6.45) is -5.95. The summed E-state index contributed by atoms with van der Waals surface area (Å²) in [5, 5.41) is 12.7. The fraction of sp³-hybridized carbons (Fsp3) is 0.375. The Bertz CT molecular complexity index is 836. The minimum atomic E-state index is -4.40. The van der Waals surface area contributed by atoms with Crippen LogP contribution in [0, 0.1) is 0 Å². The van der Waals surface area contributed by atoms with E-state index in [-0.39, 0.29) is 28.4 Å². The maximum absolute atomic E-state index is 12.8. The maximum atomic E-state index is 12.8. The van der Waals surface area contributed by atoms with E-state index in [1.807, 2.05) is 0 Å². The van der Waals surface area contributed by atoms with Crippen molar-refractivity contribution >= 4 is 17.6 Å². The second kappa shape index (κ2) is 8.12. The molecule has 0 aliphatic carbocycles. The van der Waals surface area contributed by atoms with Crippen LogP contribution in [0.4, 0.5) is 22.0 Å². The van der Waals surface area contributed by atoms with Gasteiger partial charge in [-0.2, -0.15) is 27.1 Å². The summed E-state index contributed by atoms with van der Waals surface area (Å²) >= 11 is 6.05. The highest BCUT2D eigenvalue weighted by atomic mass is 35.5. The number of rotatable bonds is 7. The molecule has 1 aromatic heterocycles. The van der Waals surface area contributed by atoms with E-state index < -0.39 is 43.0 Å². The third-order valence-electron chi connectivity index (χ3n) is 3.61. The Balaban J connectivity index is 2.54. The lowest BCUT2D eigenvalue weighted by atomic mass is 10.0. The zero-order valence-corrected chi connectivity index (χ0v) is 14.6. The molecule has 1 heterocycles. The molecule has 0 atom stereocenters. The number of alkyl halides is 5. The molecule has 1 N–H and O–H groups in total. The molecule has 0 saturated heterocycles. The first kappa shape index (κ1) is 20.9. The lowest BCUT2D eigenvalue weighted by Crippen LogP contribution is -2.09. The van der Waals surface area contributed by atoms with Gasteiger partial charge in [-0.15, -0.1) is 0 Å². The zero-order valence-electron chi connectivity index (χ0n) is 13.9. The van der Waals surface area contributed by atoms with Gasteiger partial charge in [0.05, 0.1) is 5.69 Å². The predicted octanol–water partition coefficient (Wildman–Crippen LogP) is 5.02. The average molecular weight is 413 g/mol. The largest absolute Gasteiger partial charge is 0.476 e. The number of nitrogens with zero attached hydrogens (tertiary/aromatic N) is 2. The van der Waals surface area contributed by atoms with Crippen LogP contribution >= 0.6 is 11.6 Å². The first-order valence-corrected chi connectivity index (χ1v) is 8.05. The molecule has 148 valence electrons. The highest BCUT2D eigenvalue weighted by Crippen LogP contribution is 2.38. The third kappa shape index (κ3) is 5.09. The molecule has 2 aromatic rings. The summed E-state index contributed by atoms with van der Waals surface area (Å²) in [6, 6.07) is 3.62. The summed E-state index contributed by atoms with van der Waals surface area (Å²) < 4.78 is 68.4. The van der Waals surface area contributed by atoms with Crippen LogP contribution in [0.3, 0.4) is 0 Å². The third-order valence-corrected chi connectivity index (χ3v) is 3.97. The minimum Gasteiger partial charge on any atom is -0.476 e. The van der Waals surface area contributed by atoms with Crippen LogP contribution < -0.4 is 4.74 Å². The number of aryl methyl sites for hydroxylation is 2. The zero-order chi connectivity index (χ0) is 20.4. The normalized spacial score (nSPS) is 11.9. The van der Waals surface area contributed by atoms with Gasteiger partial charge >= 0.3 is 18.8 Å². The molecular weight excluding hydrogens is 399 g/mol. The van der Waals surface area contributed by atoms with Gasteiger partial charge in [0.25, 0.3) is 0 Å². The summed E-state index contributed by atoms with van der Waals surface area (Å²) in [5.41, 5.74) is -0.325. The van der Waals surface area contributed by atoms with Gasteiger partial charge in [0.1, 0.15) is 10.8 Å². The number of carboxylic acid groups (broad SMARTS) is 1. The Labute approximate surface area is 155 Å². The second-order valence-corrected chi connectivity index (χ2v) is 5.83. The van der Waals surface area contributed by atoms with Crippen molar-refractivity contribution in [2.24, 2.45) is 0 Å². The Morgan fingerprint density at radius 1 is 1.37 bits per heavy atom. The van der Waals surface area contributed by atoms with Crippen molar-refractivity contribution in [3.63, 3.8) is 0 Å². The number of aromatic nitrogens is 2. The SMILES string of the molecule is CCn1nc(C(=O)O)c(Cl)c1-c1ccc(CCC(F)(F)F)cc1OC(F)F. The van der Waals surface area contributed by atoms with Crippen LogP contribution in [-0.2, 0) is 13.0 Å². The van der Waals surface area contributed by atoms with Gasteiger partial charge in [0.15, 0.2) is 5.69 Å². The molecule has 1 aromatic carbocycles. The molecule has 0 spiro atoms. The number of benzene rings is 1. The average Bonchev–Trinajstić information content (AvgIpc) is 2.89. The van der Waals surface area contributed by atoms with Gasteiger partial charge in [0.2, 0.25) is 0 Å². The number of carbonyl (C=O) groups is 1. The number of halogens is 6. The molecule has 27 heavy (non-hydrogen) atoms. The van der Waals surface area contributed by atoms with E-state index >= 15 is 0 Å². The maximum Gasteiger partial charge on any atom is 0.389 e. The molecule has 0 radical (unpaired) electrons. The van der Waals surface area contributed by atoms with E-state index in [2.05, 4.69) is 9.84 Å². The number of carboxylic acids is 1. The molecule has 0 aliphatic heterocycles. The molecule has 0 bridgehead atoms. The van der Waals surface area contributed by atoms with Crippen molar-refractivity contribution in [3.05, 3.63) is 34.5 Å². The first-order valence-electron chi connectivity index (χ1n) is 7.68. The number of ether oxygens (including phenoxy) is 1. The molecule has 0 amide bonds. The quantitative estimate of drug-likeness (QED) is 0.649. The molecule has 5 nitrogen and oxygen atoms in total. The second-order valence-electron chi connectivity index (χ2n) is 5.46. The smallest absolute Gasteiger partial charge is 0.389 e. The van der Waals surface area contributed by atoms with Crippen molar-refractivity contribution in [1.82, 2.24) is 9.78 Å². The topological polar surface area (TPSA) is 64.4 Å². The fourth-order valence-electron chi connectivity index (χ4n) is 2.46. The molecule has 0 aliphatic rings. The van der Waals surface area contributed by atoms with E-state index in [0.29, 0.717) is 0 Å². The van der Waals surface area contributed by atoms with Gasteiger partial charge in [-0.3, -0.25) is 4.68 Å². The summed E-state index contributed by atoms with van der Waals surface area (Å²) in [5.74, 6) is -1.83. The van der Waals surface area contributed by atoms with E-state index in [9.17, 15) is 26.7 Å². The standard InChI is InChI=1S/C16H14ClF5N2O3/c1-2-24-13(11(17)12(23-24)14(25)26)9-4-3-8(5-6-16(20,21)22)7-10(9)27-15(18)19/h3-4,7,15H,2,5-6H2,1H3,(H,25,26). The van der Waals surface area contributed by atoms with Crippen molar-refractivity contribution in [1.29, 1.82) is 0 Å². The molecule has 0 unspecified atom stereocenters. The molecule has 0 fully saturated rings. The van der Waals surface area contributed by atoms with Gasteiger partial charge in [-0.1, -0.05) is 17.7 Å². The Hall–Kier alpha value is -2.36. The van der Waals surface area contributed by atoms with E-state index in [4.69, 9.17) is 16.7 Å². The van der Waals surface area contributed by atoms with Crippen molar-refractivity contribution < 1.29 is 36.6 Å². The van der Waals surface area contributed by atoms with E-state index in [1.54, 1.807) is 6.92 Å². The van der Waals surface area contributed by atoms with Gasteiger partial charge in [0, 0.05) is 18.5 Å². The van der Waals surface area contributed by atoms with Gasteiger partial charge in [-0.05, 0) is 31.0 Å². The highest BCUT2D eigenvalue weighted by molar-refractivity contribution is 6.35. The molecule has 2 rings (SSSR count). The monoisotopic (exact) mass is 412 g/mol. The minimum absolute atomic E-state index is 0.00194. The summed E-state index contributed by atoms with van der Waals surface area (Å²) in [7, 11) is 0. The first-order chi connectivity index (χ1) is 12.5. The Morgan fingerprint density at radius 3 is 2.56 bits per heavy atom. The lowest BCUT2D eigenvalue weighted by molar-refractivity contribution is -0.134. The number of hydrogen-bond donors (Lipinski definition) is 1. The van der Waals surface area contributed by atoms with Crippen LogP contribution in [0.2, 0.25) is 5.02 Å². The van der Waals surface area contributed by atoms with Crippen molar-refractivity contribution in [2.75, 3.05) is 0 Å². The van der Waals surface area contributed by atoms with Crippen LogP contribution in [0.5, 0.6) is 5.75 Å². The van der Waals surface area contributed by atoms with Crippen LogP contribution in [0.1, 0.15) is 29.4 Å². The molecule has 11 heteroatoms. The number of hydrogen-bond acceptors (Lipinski definition) is 3.